The molecule has 0 spiro atoms. The van der Waals surface area contributed by atoms with Gasteiger partial charge in [-0.2, -0.15) is 12.1 Å². The van der Waals surface area contributed by atoms with E-state index in [0.29, 0.717) is 0 Å². The second kappa shape index (κ2) is 16.6. The number of fused-ring (bicyclic) bond motifs is 2. The predicted octanol–water partition coefficient (Wildman–Crippen LogP) is 12.5. The molecule has 6 aromatic rings. The van der Waals surface area contributed by atoms with Crippen molar-refractivity contribution in [3.8, 4) is 22.3 Å². The summed E-state index contributed by atoms with van der Waals surface area (Å²) < 4.78 is 0. The number of hydrogen-bond acceptors (Lipinski definition) is 0. The van der Waals surface area contributed by atoms with Gasteiger partial charge in [0.25, 0.3) is 0 Å². The third-order valence-corrected chi connectivity index (χ3v) is 7.04. The van der Waals surface area contributed by atoms with E-state index in [9.17, 15) is 0 Å². The van der Waals surface area contributed by atoms with E-state index in [0.717, 1.165) is 9.52 Å². The summed E-state index contributed by atoms with van der Waals surface area (Å²) >= 11 is -0.826. The Morgan fingerprint density at radius 2 is 1.17 bits per heavy atom. The molecule has 0 saturated heterocycles. The van der Waals surface area contributed by atoms with Crippen LogP contribution in [-0.4, -0.2) is 9.52 Å². The summed E-state index contributed by atoms with van der Waals surface area (Å²) in [5.74, 6) is 0. The Kier molecular flexibility index (Phi) is 13.5. The Morgan fingerprint density at radius 1 is 0.643 bits per heavy atom. The molecule has 0 bridgehead atoms. The summed E-state index contributed by atoms with van der Waals surface area (Å²) in [6.45, 7) is 15.4. The molecule has 0 heterocycles. The molecular weight excluding hydrogens is 647 g/mol. The average molecular weight is 687 g/mol. The predicted molar refractivity (Wildman–Crippen MR) is 187 cm³/mol. The topological polar surface area (TPSA) is 0 Å². The third-order valence-electron chi connectivity index (χ3n) is 7.04. The molecule has 0 aliphatic carbocycles. The first kappa shape index (κ1) is 34.3. The van der Waals surface area contributed by atoms with Gasteiger partial charge in [-0.25, -0.2) is 0 Å². The standard InChI is InChI=1S/C19H19.C17H15.C2H6Si.2ClH.Zr/c1-19(2,3)16-12-15-10-7-11-17(18(15)13-16)14-8-5-4-6-9-14;1-12-10-16-13(2)8-9-15(17(16)11-12)14-6-4-3-5-7-14;1-3-2;;;/h4-13H,1-3H3;3-11H,1-2H3;1-2H3;2*1H;/q2*-1;;;;+4/p-2. The van der Waals surface area contributed by atoms with E-state index in [-0.39, 0.29) is 5.41 Å². The van der Waals surface area contributed by atoms with Gasteiger partial charge in [0, 0.05) is 9.52 Å². The van der Waals surface area contributed by atoms with Crippen molar-refractivity contribution in [3.05, 3.63) is 132 Å². The molecule has 0 nitrogen and oxygen atoms in total. The maximum absolute atomic E-state index is 4.93. The zero-order valence-electron chi connectivity index (χ0n) is 25.7. The number of benzene rings is 4. The van der Waals surface area contributed by atoms with Crippen molar-refractivity contribution in [2.24, 2.45) is 0 Å². The summed E-state index contributed by atoms with van der Waals surface area (Å²) in [7, 11) is 11.0. The van der Waals surface area contributed by atoms with E-state index >= 15 is 0 Å². The molecule has 42 heavy (non-hydrogen) atoms. The van der Waals surface area contributed by atoms with Gasteiger partial charge in [0.2, 0.25) is 0 Å². The molecule has 4 heteroatoms. The number of aryl methyl sites for hydroxylation is 2. The van der Waals surface area contributed by atoms with E-state index in [1.54, 1.807) is 0 Å². The number of hydrogen-bond donors (Lipinski definition) is 0. The Balaban J connectivity index is 0.000000195. The Labute approximate surface area is 274 Å². The van der Waals surface area contributed by atoms with Crippen molar-refractivity contribution in [3.63, 3.8) is 0 Å². The molecule has 2 radical (unpaired) electrons. The number of rotatable bonds is 2. The second-order valence-corrected chi connectivity index (χ2v) is 16.1. The molecule has 0 aromatic heterocycles. The van der Waals surface area contributed by atoms with Crippen molar-refractivity contribution in [2.45, 2.75) is 53.1 Å². The first-order valence-electron chi connectivity index (χ1n) is 14.2. The van der Waals surface area contributed by atoms with E-state index in [1.807, 2.05) is 0 Å². The summed E-state index contributed by atoms with van der Waals surface area (Å²) in [5.41, 5.74) is 9.55. The van der Waals surface area contributed by atoms with Gasteiger partial charge in [0.1, 0.15) is 0 Å². The summed E-state index contributed by atoms with van der Waals surface area (Å²) in [4.78, 5) is 0. The third kappa shape index (κ3) is 9.14. The SMILES string of the molecule is CC(C)(C)c1cc2c(-c3ccccc3)cccc2[cH-]1.C[Si]C.Cc1cc2c(-c3ccccc3)ccc(C)c2[cH-]1.[Cl][Zr+2][Cl]. The molecule has 6 rings (SSSR count). The van der Waals surface area contributed by atoms with Gasteiger partial charge in [-0.3, -0.25) is 0 Å². The molecule has 0 atom stereocenters. The molecule has 0 aliphatic rings. The fourth-order valence-corrected chi connectivity index (χ4v) is 5.00. The molecule has 6 aromatic carbocycles. The van der Waals surface area contributed by atoms with Crippen molar-refractivity contribution < 1.29 is 20.8 Å². The van der Waals surface area contributed by atoms with Crippen LogP contribution in [0.5, 0.6) is 0 Å². The van der Waals surface area contributed by atoms with Crippen LogP contribution in [0.1, 0.15) is 37.5 Å². The van der Waals surface area contributed by atoms with E-state index < -0.39 is 20.8 Å². The van der Waals surface area contributed by atoms with Gasteiger partial charge in [-0.15, -0.1) is 68.6 Å². The van der Waals surface area contributed by atoms with Gasteiger partial charge >= 0.3 is 37.9 Å². The average Bonchev–Trinajstić information content (AvgIpc) is 3.60. The van der Waals surface area contributed by atoms with Gasteiger partial charge < -0.3 is 0 Å². The molecule has 0 aliphatic heterocycles. The molecule has 0 amide bonds. The van der Waals surface area contributed by atoms with Crippen molar-refractivity contribution in [1.29, 1.82) is 0 Å². The van der Waals surface area contributed by atoms with Crippen LogP contribution in [0.15, 0.2) is 115 Å². The van der Waals surface area contributed by atoms with E-state index in [1.165, 1.54) is 60.5 Å². The fraction of sp³-hybridized carbons (Fsp3) is 0.211. The first-order valence-corrected chi connectivity index (χ1v) is 22.5. The van der Waals surface area contributed by atoms with Crippen LogP contribution in [0, 0.1) is 13.8 Å². The van der Waals surface area contributed by atoms with Crippen LogP contribution in [0.25, 0.3) is 43.8 Å². The minimum absolute atomic E-state index is 0.201. The summed E-state index contributed by atoms with van der Waals surface area (Å²) in [6.07, 6.45) is 0. The van der Waals surface area contributed by atoms with Gasteiger partial charge in [-0.05, 0) is 16.5 Å². The van der Waals surface area contributed by atoms with Gasteiger partial charge in [-0.1, -0.05) is 132 Å². The second-order valence-electron chi connectivity index (χ2n) is 11.4. The molecular formula is C38H40Cl2SiZr. The van der Waals surface area contributed by atoms with Crippen LogP contribution in [0.2, 0.25) is 13.1 Å². The molecule has 0 N–H and O–H groups in total. The van der Waals surface area contributed by atoms with E-state index in [2.05, 4.69) is 163 Å². The number of halogens is 2. The minimum atomic E-state index is -0.826. The maximum atomic E-state index is 4.93. The first-order chi connectivity index (χ1) is 20.1. The van der Waals surface area contributed by atoms with Crippen LogP contribution in [0.4, 0.5) is 0 Å². The Morgan fingerprint density at radius 3 is 1.69 bits per heavy atom. The van der Waals surface area contributed by atoms with Crippen LogP contribution < -0.4 is 0 Å². The van der Waals surface area contributed by atoms with Crippen molar-refractivity contribution in [1.82, 2.24) is 0 Å². The molecule has 0 saturated carbocycles. The fourth-order valence-electron chi connectivity index (χ4n) is 5.00. The zero-order chi connectivity index (χ0) is 30.7. The van der Waals surface area contributed by atoms with Crippen LogP contribution >= 0.6 is 17.0 Å². The summed E-state index contributed by atoms with van der Waals surface area (Å²) in [5, 5.41) is 5.45. The Hall–Kier alpha value is -2.22. The monoisotopic (exact) mass is 684 g/mol. The normalized spacial score (nSPS) is 10.5. The molecule has 0 fully saturated rings. The molecule has 0 unspecified atom stereocenters. The quantitative estimate of drug-likeness (QED) is 0.126. The summed E-state index contributed by atoms with van der Waals surface area (Å²) in [6, 6.07) is 41.4. The van der Waals surface area contributed by atoms with Crippen LogP contribution in [0.3, 0.4) is 0 Å². The van der Waals surface area contributed by atoms with Crippen molar-refractivity contribution >= 4 is 48.1 Å². The van der Waals surface area contributed by atoms with Crippen molar-refractivity contribution in [2.75, 3.05) is 0 Å². The zero-order valence-corrected chi connectivity index (χ0v) is 30.7. The van der Waals surface area contributed by atoms with Gasteiger partial charge in [0.05, 0.1) is 0 Å². The van der Waals surface area contributed by atoms with Crippen LogP contribution in [-0.2, 0) is 26.3 Å². The molecule has 214 valence electrons. The van der Waals surface area contributed by atoms with Gasteiger partial charge in [0.15, 0.2) is 0 Å². The van der Waals surface area contributed by atoms with E-state index in [4.69, 9.17) is 17.0 Å². The Bertz CT molecular complexity index is 1660.